The molecule has 41 heavy (non-hydrogen) atoms. The number of carbonyl (C=O) groups is 3. The number of esters is 1. The normalized spacial score (nSPS) is 13.0. The van der Waals surface area contributed by atoms with Gasteiger partial charge in [-0.2, -0.15) is 0 Å². The Morgan fingerprint density at radius 3 is 2.02 bits per heavy atom. The summed E-state index contributed by atoms with van der Waals surface area (Å²) in [6.45, 7) is 18.9. The van der Waals surface area contributed by atoms with Crippen LogP contribution in [0.5, 0.6) is 0 Å². The fourth-order valence-corrected chi connectivity index (χ4v) is 4.67. The minimum absolute atomic E-state index is 0.0867. The SMILES string of the molecule is CCOC(=O)C(CCO[Si](C)(C)C(C)(C)C)c1ccc(/C=C/C(=O)Nc2ccccc2NC(=O)OC(C)(C)C)cc1. The number of nitrogens with one attached hydrogen (secondary N) is 2. The van der Waals surface area contributed by atoms with E-state index in [1.54, 1.807) is 58.0 Å². The van der Waals surface area contributed by atoms with Gasteiger partial charge in [0.25, 0.3) is 0 Å². The molecule has 2 rings (SSSR count). The molecule has 0 saturated carbocycles. The van der Waals surface area contributed by atoms with Crippen LogP contribution in [-0.4, -0.2) is 45.1 Å². The van der Waals surface area contributed by atoms with Gasteiger partial charge in [-0.1, -0.05) is 57.2 Å². The number of carbonyl (C=O) groups excluding carboxylic acids is 3. The Bertz CT molecular complexity index is 1210. The predicted octanol–water partition coefficient (Wildman–Crippen LogP) is 7.74. The summed E-state index contributed by atoms with van der Waals surface area (Å²) in [6, 6.07) is 14.4. The second-order valence-electron chi connectivity index (χ2n) is 12.4. The Kier molecular flexibility index (Phi) is 11.9. The van der Waals surface area contributed by atoms with Gasteiger partial charge < -0.3 is 19.2 Å². The van der Waals surface area contributed by atoms with Crippen molar-refractivity contribution in [2.24, 2.45) is 0 Å². The maximum atomic E-state index is 12.8. The fourth-order valence-electron chi connectivity index (χ4n) is 3.61. The highest BCUT2D eigenvalue weighted by Crippen LogP contribution is 2.37. The van der Waals surface area contributed by atoms with E-state index in [-0.39, 0.29) is 16.9 Å². The molecule has 0 aromatic heterocycles. The summed E-state index contributed by atoms with van der Waals surface area (Å²) < 4.78 is 17.0. The number of anilines is 2. The molecule has 0 saturated heterocycles. The first-order valence-corrected chi connectivity index (χ1v) is 16.9. The monoisotopic (exact) mass is 582 g/mol. The lowest BCUT2D eigenvalue weighted by atomic mass is 9.95. The summed E-state index contributed by atoms with van der Waals surface area (Å²) >= 11 is 0. The molecule has 1 unspecified atom stereocenters. The lowest BCUT2D eigenvalue weighted by Crippen LogP contribution is -2.41. The number of hydrogen-bond donors (Lipinski definition) is 2. The smallest absolute Gasteiger partial charge is 0.412 e. The Labute approximate surface area is 246 Å². The average Bonchev–Trinajstić information content (AvgIpc) is 2.85. The number of rotatable bonds is 11. The van der Waals surface area contributed by atoms with E-state index in [9.17, 15) is 14.4 Å². The van der Waals surface area contributed by atoms with Gasteiger partial charge in [0.1, 0.15) is 5.60 Å². The fraction of sp³-hybridized carbons (Fsp3) is 0.469. The van der Waals surface area contributed by atoms with Crippen LogP contribution >= 0.6 is 0 Å². The van der Waals surface area contributed by atoms with Gasteiger partial charge in [-0.3, -0.25) is 14.9 Å². The topological polar surface area (TPSA) is 103 Å². The maximum Gasteiger partial charge on any atom is 0.412 e. The van der Waals surface area contributed by atoms with Gasteiger partial charge in [0.2, 0.25) is 5.91 Å². The first kappa shape index (κ1) is 33.8. The summed E-state index contributed by atoms with van der Waals surface area (Å²) in [5.74, 6) is -1.07. The molecule has 0 aliphatic rings. The Balaban J connectivity index is 2.07. The summed E-state index contributed by atoms with van der Waals surface area (Å²) in [6.07, 6.45) is 3.01. The van der Waals surface area contributed by atoms with Gasteiger partial charge in [-0.25, -0.2) is 4.79 Å². The van der Waals surface area contributed by atoms with Crippen LogP contribution in [0.4, 0.5) is 16.2 Å². The molecule has 224 valence electrons. The van der Waals surface area contributed by atoms with E-state index in [1.165, 1.54) is 6.08 Å². The van der Waals surface area contributed by atoms with Gasteiger partial charge in [0.15, 0.2) is 8.32 Å². The van der Waals surface area contributed by atoms with Gasteiger partial charge in [-0.05, 0) is 81.6 Å². The van der Waals surface area contributed by atoms with Gasteiger partial charge in [-0.15, -0.1) is 0 Å². The van der Waals surface area contributed by atoms with Gasteiger partial charge >= 0.3 is 12.1 Å². The van der Waals surface area contributed by atoms with E-state index >= 15 is 0 Å². The molecule has 0 radical (unpaired) electrons. The highest BCUT2D eigenvalue weighted by molar-refractivity contribution is 6.74. The highest BCUT2D eigenvalue weighted by atomic mass is 28.4. The Hall–Kier alpha value is -3.43. The minimum Gasteiger partial charge on any atom is -0.466 e. The van der Waals surface area contributed by atoms with E-state index in [2.05, 4.69) is 44.5 Å². The van der Waals surface area contributed by atoms with Crippen LogP contribution in [0.15, 0.2) is 54.6 Å². The van der Waals surface area contributed by atoms with Crippen LogP contribution in [0.25, 0.3) is 6.08 Å². The molecule has 0 aliphatic carbocycles. The molecule has 1 atom stereocenters. The predicted molar refractivity (Wildman–Crippen MR) is 168 cm³/mol. The molecule has 0 fully saturated rings. The third-order valence-electron chi connectivity index (χ3n) is 6.83. The molecule has 0 spiro atoms. The van der Waals surface area contributed by atoms with Gasteiger partial charge in [0, 0.05) is 12.7 Å². The third-order valence-corrected chi connectivity index (χ3v) is 11.4. The molecule has 0 aliphatic heterocycles. The van der Waals surface area contributed by atoms with E-state index in [0.717, 1.165) is 11.1 Å². The summed E-state index contributed by atoms with van der Waals surface area (Å²) in [4.78, 5) is 37.6. The van der Waals surface area contributed by atoms with E-state index in [4.69, 9.17) is 13.9 Å². The quantitative estimate of drug-likeness (QED) is 0.160. The van der Waals surface area contributed by atoms with Gasteiger partial charge in [0.05, 0.1) is 23.9 Å². The summed E-state index contributed by atoms with van der Waals surface area (Å²) in [5.41, 5.74) is 1.86. The molecule has 8 nitrogen and oxygen atoms in total. The number of para-hydroxylation sites is 2. The van der Waals surface area contributed by atoms with Crippen LogP contribution in [0.3, 0.4) is 0 Å². The second kappa shape index (κ2) is 14.5. The molecule has 0 bridgehead atoms. The molecule has 2 amide bonds. The van der Waals surface area contributed by atoms with Crippen molar-refractivity contribution in [3.05, 3.63) is 65.7 Å². The lowest BCUT2D eigenvalue weighted by Gasteiger charge is -2.36. The zero-order valence-electron chi connectivity index (χ0n) is 25.9. The zero-order chi connectivity index (χ0) is 30.8. The maximum absolute atomic E-state index is 12.8. The number of ether oxygens (including phenoxy) is 2. The van der Waals surface area contributed by atoms with Crippen LogP contribution in [0.1, 0.15) is 71.9 Å². The minimum atomic E-state index is -1.93. The Morgan fingerprint density at radius 1 is 0.902 bits per heavy atom. The largest absolute Gasteiger partial charge is 0.466 e. The van der Waals surface area contributed by atoms with Crippen molar-refractivity contribution >= 4 is 43.7 Å². The Morgan fingerprint density at radius 2 is 1.49 bits per heavy atom. The molecular weight excluding hydrogens is 536 g/mol. The molecule has 2 aromatic carbocycles. The standard InChI is InChI=1S/C32H46N2O6Si/c1-10-38-29(36)25(21-22-39-41(8,9)32(5,6)7)24-18-15-23(16-19-24)17-20-28(35)33-26-13-11-12-14-27(26)34-30(37)40-31(2,3)4/h11-20,25H,10,21-22H2,1-9H3,(H,33,35)(H,34,37)/b20-17+. The molecule has 2 N–H and O–H groups in total. The first-order valence-electron chi connectivity index (χ1n) is 14.0. The van der Waals surface area contributed by atoms with Crippen molar-refractivity contribution in [3.63, 3.8) is 0 Å². The average molecular weight is 583 g/mol. The second-order valence-corrected chi connectivity index (χ2v) is 17.2. The van der Waals surface area contributed by atoms with Crippen molar-refractivity contribution in [1.29, 1.82) is 0 Å². The third kappa shape index (κ3) is 11.2. The zero-order valence-corrected chi connectivity index (χ0v) is 26.9. The first-order chi connectivity index (χ1) is 19.0. The molecular formula is C32H46N2O6Si. The van der Waals surface area contributed by atoms with Crippen molar-refractivity contribution in [1.82, 2.24) is 0 Å². The van der Waals surface area contributed by atoms with E-state index < -0.39 is 25.9 Å². The van der Waals surface area contributed by atoms with E-state index in [0.29, 0.717) is 31.0 Å². The highest BCUT2D eigenvalue weighted by Gasteiger charge is 2.37. The van der Waals surface area contributed by atoms with Crippen LogP contribution in [0, 0.1) is 0 Å². The van der Waals surface area contributed by atoms with Crippen molar-refractivity contribution in [2.75, 3.05) is 23.8 Å². The molecule has 2 aromatic rings. The van der Waals surface area contributed by atoms with E-state index in [1.807, 2.05) is 24.3 Å². The van der Waals surface area contributed by atoms with Crippen molar-refractivity contribution < 1.29 is 28.3 Å². The number of amides is 2. The number of benzene rings is 2. The van der Waals surface area contributed by atoms with Crippen LogP contribution < -0.4 is 10.6 Å². The van der Waals surface area contributed by atoms with Crippen LogP contribution in [0.2, 0.25) is 18.1 Å². The van der Waals surface area contributed by atoms with Crippen molar-refractivity contribution in [3.8, 4) is 0 Å². The van der Waals surface area contributed by atoms with Crippen molar-refractivity contribution in [2.45, 2.75) is 84.5 Å². The molecule has 9 heteroatoms. The summed E-state index contributed by atoms with van der Waals surface area (Å²) in [5, 5.41) is 5.54. The molecule has 0 heterocycles. The van der Waals surface area contributed by atoms with Crippen LogP contribution in [-0.2, 0) is 23.5 Å². The number of hydrogen-bond acceptors (Lipinski definition) is 6. The summed E-state index contributed by atoms with van der Waals surface area (Å²) in [7, 11) is -1.93. The lowest BCUT2D eigenvalue weighted by molar-refractivity contribution is -0.145.